The summed E-state index contributed by atoms with van der Waals surface area (Å²) < 4.78 is 6.09. The number of nitrogens with one attached hydrogen (secondary N) is 1. The number of aromatic amines is 1. The quantitative estimate of drug-likeness (QED) is 0.854. The Bertz CT molecular complexity index is 608. The zero-order valence-electron chi connectivity index (χ0n) is 9.45. The lowest BCUT2D eigenvalue weighted by Gasteiger charge is -2.08. The van der Waals surface area contributed by atoms with Crippen LogP contribution in [-0.4, -0.2) is 9.97 Å². The number of benzene rings is 1. The van der Waals surface area contributed by atoms with Crippen molar-refractivity contribution in [2.24, 2.45) is 0 Å². The number of ether oxygens (including phenoxy) is 1. The lowest BCUT2D eigenvalue weighted by molar-refractivity contribution is 0.453. The molecule has 0 aliphatic heterocycles. The number of rotatable bonds is 2. The first-order valence-electron chi connectivity index (χ1n) is 5.06. The van der Waals surface area contributed by atoms with Crippen LogP contribution in [0, 0.1) is 17.4 Å². The Hall–Kier alpha value is -1.37. The fraction of sp³-hybridized carbons (Fsp3) is 0.167. The summed E-state index contributed by atoms with van der Waals surface area (Å²) in [5.74, 6) is 1.05. The Morgan fingerprint density at radius 2 is 2.12 bits per heavy atom. The fourth-order valence-corrected chi connectivity index (χ4v) is 1.86. The van der Waals surface area contributed by atoms with Gasteiger partial charge in [-0.1, -0.05) is 17.7 Å². The van der Waals surface area contributed by atoms with E-state index in [0.29, 0.717) is 15.2 Å². The van der Waals surface area contributed by atoms with E-state index >= 15 is 0 Å². The molecule has 1 aromatic heterocycles. The summed E-state index contributed by atoms with van der Waals surface area (Å²) in [7, 11) is 0. The van der Waals surface area contributed by atoms with Crippen molar-refractivity contribution in [1.82, 2.24) is 9.97 Å². The molecule has 1 N–H and O–H groups in total. The van der Waals surface area contributed by atoms with Crippen LogP contribution in [0.4, 0.5) is 0 Å². The number of H-pyrrole nitrogens is 1. The molecule has 0 bridgehead atoms. The van der Waals surface area contributed by atoms with E-state index in [2.05, 4.69) is 9.97 Å². The van der Waals surface area contributed by atoms with Crippen LogP contribution in [0.15, 0.2) is 29.3 Å². The first kappa shape index (κ1) is 12.1. The van der Waals surface area contributed by atoms with Crippen LogP contribution in [0.3, 0.4) is 0 Å². The summed E-state index contributed by atoms with van der Waals surface area (Å²) in [6.07, 6.45) is 1.34. The Balaban J connectivity index is 2.38. The molecule has 88 valence electrons. The second-order valence-electron chi connectivity index (χ2n) is 3.72. The predicted octanol–water partition coefficient (Wildman–Crippen LogP) is 2.78. The van der Waals surface area contributed by atoms with Crippen LogP contribution in [0.5, 0.6) is 11.6 Å². The van der Waals surface area contributed by atoms with Gasteiger partial charge in [-0.2, -0.15) is 0 Å². The van der Waals surface area contributed by atoms with Gasteiger partial charge < -0.3 is 9.72 Å². The second kappa shape index (κ2) is 4.87. The lowest BCUT2D eigenvalue weighted by Crippen LogP contribution is -2.11. The molecule has 4 nitrogen and oxygen atoms in total. The highest BCUT2D eigenvalue weighted by atomic mass is 127. The molecule has 0 saturated heterocycles. The van der Waals surface area contributed by atoms with Crippen molar-refractivity contribution in [2.45, 2.75) is 13.8 Å². The van der Waals surface area contributed by atoms with Gasteiger partial charge >= 0.3 is 0 Å². The van der Waals surface area contributed by atoms with Gasteiger partial charge in [0.05, 0.1) is 6.33 Å². The topological polar surface area (TPSA) is 55.0 Å². The zero-order valence-corrected chi connectivity index (χ0v) is 11.6. The third kappa shape index (κ3) is 2.66. The van der Waals surface area contributed by atoms with Crippen molar-refractivity contribution in [2.75, 3.05) is 0 Å². The van der Waals surface area contributed by atoms with Crippen LogP contribution in [-0.2, 0) is 0 Å². The maximum atomic E-state index is 11.4. The zero-order chi connectivity index (χ0) is 12.4. The number of halogens is 1. The normalized spacial score (nSPS) is 10.3. The Labute approximate surface area is 112 Å². The van der Waals surface area contributed by atoms with Crippen molar-refractivity contribution in [3.8, 4) is 11.6 Å². The van der Waals surface area contributed by atoms with E-state index in [0.717, 1.165) is 5.56 Å². The maximum absolute atomic E-state index is 11.4. The second-order valence-corrected chi connectivity index (χ2v) is 4.80. The average molecular weight is 342 g/mol. The van der Waals surface area contributed by atoms with Crippen molar-refractivity contribution in [1.29, 1.82) is 0 Å². The molecule has 0 aliphatic carbocycles. The number of aromatic nitrogens is 2. The molecule has 0 saturated carbocycles. The number of nitrogens with zero attached hydrogens (tertiary/aromatic N) is 1. The van der Waals surface area contributed by atoms with E-state index in [4.69, 9.17) is 4.74 Å². The summed E-state index contributed by atoms with van der Waals surface area (Å²) in [6, 6.07) is 5.86. The minimum atomic E-state index is -0.194. The Morgan fingerprint density at radius 1 is 1.35 bits per heavy atom. The van der Waals surface area contributed by atoms with Gasteiger partial charge in [-0.05, 0) is 48.1 Å². The van der Waals surface area contributed by atoms with Crippen LogP contribution in [0.2, 0.25) is 0 Å². The molecule has 0 aliphatic rings. The molecule has 0 unspecified atom stereocenters. The van der Waals surface area contributed by atoms with Gasteiger partial charge in [0.15, 0.2) is 0 Å². The standard InChI is InChI=1S/C12H11IN2O2/c1-7-3-4-9(8(2)5-7)17-12-10(13)11(16)14-6-15-12/h3-6H,1-2H3,(H,14,15,16). The average Bonchev–Trinajstić information content (AvgIpc) is 2.28. The molecule has 17 heavy (non-hydrogen) atoms. The van der Waals surface area contributed by atoms with E-state index in [9.17, 15) is 4.79 Å². The van der Waals surface area contributed by atoms with E-state index < -0.39 is 0 Å². The van der Waals surface area contributed by atoms with E-state index in [-0.39, 0.29) is 5.56 Å². The summed E-state index contributed by atoms with van der Waals surface area (Å²) in [5, 5.41) is 0. The van der Waals surface area contributed by atoms with Gasteiger partial charge in [0.1, 0.15) is 9.32 Å². The molecule has 2 aromatic rings. The molecule has 0 amide bonds. The van der Waals surface area contributed by atoms with Crippen molar-refractivity contribution in [3.05, 3.63) is 49.6 Å². The van der Waals surface area contributed by atoms with Crippen LogP contribution in [0.1, 0.15) is 11.1 Å². The molecule has 5 heteroatoms. The van der Waals surface area contributed by atoms with Crippen LogP contribution >= 0.6 is 22.6 Å². The fourth-order valence-electron chi connectivity index (χ4n) is 1.46. The molecular formula is C12H11IN2O2. The van der Waals surface area contributed by atoms with E-state index in [1.165, 1.54) is 11.9 Å². The van der Waals surface area contributed by atoms with Gasteiger partial charge in [-0.25, -0.2) is 4.98 Å². The lowest BCUT2D eigenvalue weighted by atomic mass is 10.1. The number of hydrogen-bond acceptors (Lipinski definition) is 3. The van der Waals surface area contributed by atoms with Gasteiger partial charge in [0.2, 0.25) is 5.88 Å². The highest BCUT2D eigenvalue weighted by Gasteiger charge is 2.09. The predicted molar refractivity (Wildman–Crippen MR) is 73.6 cm³/mol. The van der Waals surface area contributed by atoms with Crippen LogP contribution < -0.4 is 10.3 Å². The monoisotopic (exact) mass is 342 g/mol. The molecule has 1 heterocycles. The minimum Gasteiger partial charge on any atom is -0.437 e. The third-order valence-electron chi connectivity index (χ3n) is 2.30. The number of hydrogen-bond donors (Lipinski definition) is 1. The molecule has 0 radical (unpaired) electrons. The first-order chi connectivity index (χ1) is 8.08. The highest BCUT2D eigenvalue weighted by molar-refractivity contribution is 14.1. The van der Waals surface area contributed by atoms with Crippen LogP contribution in [0.25, 0.3) is 0 Å². The van der Waals surface area contributed by atoms with Gasteiger partial charge in [0, 0.05) is 0 Å². The smallest absolute Gasteiger partial charge is 0.268 e. The molecule has 0 spiro atoms. The van der Waals surface area contributed by atoms with Crippen molar-refractivity contribution >= 4 is 22.6 Å². The first-order valence-corrected chi connectivity index (χ1v) is 6.14. The van der Waals surface area contributed by atoms with Crippen molar-refractivity contribution in [3.63, 3.8) is 0 Å². The van der Waals surface area contributed by atoms with Gasteiger partial charge in [0.25, 0.3) is 5.56 Å². The largest absolute Gasteiger partial charge is 0.437 e. The molecule has 2 rings (SSSR count). The molecule has 1 aromatic carbocycles. The minimum absolute atomic E-state index is 0.194. The van der Waals surface area contributed by atoms with Gasteiger partial charge in [-0.3, -0.25) is 4.79 Å². The summed E-state index contributed by atoms with van der Waals surface area (Å²) in [5.41, 5.74) is 1.99. The van der Waals surface area contributed by atoms with Gasteiger partial charge in [-0.15, -0.1) is 0 Å². The number of aryl methyl sites for hydroxylation is 2. The van der Waals surface area contributed by atoms with E-state index in [1.807, 2.05) is 54.6 Å². The summed E-state index contributed by atoms with van der Waals surface area (Å²) >= 11 is 1.92. The SMILES string of the molecule is Cc1ccc(Oc2nc[nH]c(=O)c2I)c(C)c1. The maximum Gasteiger partial charge on any atom is 0.268 e. The molecule has 0 atom stereocenters. The Kier molecular flexibility index (Phi) is 3.46. The van der Waals surface area contributed by atoms with Crippen molar-refractivity contribution < 1.29 is 4.74 Å². The summed E-state index contributed by atoms with van der Waals surface area (Å²) in [4.78, 5) is 17.9. The third-order valence-corrected chi connectivity index (χ3v) is 3.25. The highest BCUT2D eigenvalue weighted by Crippen LogP contribution is 2.25. The molecule has 0 fully saturated rings. The Morgan fingerprint density at radius 3 is 2.82 bits per heavy atom. The summed E-state index contributed by atoms with van der Waals surface area (Å²) in [6.45, 7) is 3.98. The molecular weight excluding hydrogens is 331 g/mol. The van der Waals surface area contributed by atoms with E-state index in [1.54, 1.807) is 0 Å².